The molecular weight excluding hydrogens is 164 g/mol. The maximum atomic E-state index is 9.91. The van der Waals surface area contributed by atoms with Crippen molar-refractivity contribution < 1.29 is 24.5 Å². The van der Waals surface area contributed by atoms with Crippen molar-refractivity contribution in [3.63, 3.8) is 0 Å². The van der Waals surface area contributed by atoms with Gasteiger partial charge in [0, 0.05) is 0 Å². The van der Waals surface area contributed by atoms with E-state index in [4.69, 9.17) is 14.9 Å². The van der Waals surface area contributed by atoms with E-state index in [-0.39, 0.29) is 19.3 Å². The van der Waals surface area contributed by atoms with Gasteiger partial charge in [-0.15, -0.1) is 0 Å². The lowest BCUT2D eigenvalue weighted by Crippen LogP contribution is -2.22. The van der Waals surface area contributed by atoms with Gasteiger partial charge >= 0.3 is 6.16 Å². The first-order valence-electron chi connectivity index (χ1n) is 3.67. The largest absolute Gasteiger partial charge is 0.505 e. The summed E-state index contributed by atoms with van der Waals surface area (Å²) in [5.74, 6) is 0. The van der Waals surface area contributed by atoms with Crippen molar-refractivity contribution in [3.05, 3.63) is 0 Å². The van der Waals surface area contributed by atoms with Crippen molar-refractivity contribution in [2.45, 2.75) is 26.1 Å². The third-order valence-electron chi connectivity index (χ3n) is 1.06. The molecule has 0 bridgehead atoms. The Bertz CT molecular complexity index is 134. The first-order chi connectivity index (χ1) is 5.52. The fourth-order valence-corrected chi connectivity index (χ4v) is 0.540. The van der Waals surface area contributed by atoms with Crippen LogP contribution in [0.5, 0.6) is 0 Å². The number of hydrogen-bond donors (Lipinski definition) is 2. The van der Waals surface area contributed by atoms with Crippen molar-refractivity contribution in [1.82, 2.24) is 0 Å². The van der Waals surface area contributed by atoms with E-state index >= 15 is 0 Å². The van der Waals surface area contributed by atoms with Gasteiger partial charge in [0.2, 0.25) is 0 Å². The molecule has 0 aliphatic rings. The van der Waals surface area contributed by atoms with E-state index in [1.54, 1.807) is 13.8 Å². The quantitative estimate of drug-likeness (QED) is 0.598. The number of aliphatic hydroxyl groups is 1. The van der Waals surface area contributed by atoms with E-state index < -0.39 is 12.3 Å². The minimum absolute atomic E-state index is 0.0119. The summed E-state index contributed by atoms with van der Waals surface area (Å²) in [7, 11) is 0. The average Bonchev–Trinajstić information content (AvgIpc) is 1.96. The fraction of sp³-hybridized carbons (Fsp3) is 0.857. The molecule has 0 saturated carbocycles. The van der Waals surface area contributed by atoms with Crippen molar-refractivity contribution in [2.75, 3.05) is 13.2 Å². The Morgan fingerprint density at radius 2 is 2.00 bits per heavy atom. The van der Waals surface area contributed by atoms with Crippen LogP contribution in [0.1, 0.15) is 13.8 Å². The summed E-state index contributed by atoms with van der Waals surface area (Å²) < 4.78 is 9.26. The van der Waals surface area contributed by atoms with Crippen LogP contribution in [0.3, 0.4) is 0 Å². The molecule has 2 unspecified atom stereocenters. The summed E-state index contributed by atoms with van der Waals surface area (Å²) in [6.45, 7) is 3.43. The Hall–Kier alpha value is -0.810. The molecule has 0 fully saturated rings. The highest BCUT2D eigenvalue weighted by Gasteiger charge is 2.06. The zero-order chi connectivity index (χ0) is 9.56. The van der Waals surface area contributed by atoms with E-state index in [1.165, 1.54) is 0 Å². The molecule has 2 N–H and O–H groups in total. The van der Waals surface area contributed by atoms with E-state index in [1.807, 2.05) is 0 Å². The molecule has 0 heterocycles. The number of ether oxygens (including phenoxy) is 2. The average molecular weight is 178 g/mol. The van der Waals surface area contributed by atoms with Gasteiger partial charge in [0.05, 0.1) is 18.8 Å². The summed E-state index contributed by atoms with van der Waals surface area (Å²) in [5.41, 5.74) is 0. The highest BCUT2D eigenvalue weighted by Crippen LogP contribution is 1.94. The van der Waals surface area contributed by atoms with Gasteiger partial charge in [0.25, 0.3) is 0 Å². The third-order valence-corrected chi connectivity index (χ3v) is 1.06. The fourth-order valence-electron chi connectivity index (χ4n) is 0.540. The molecule has 12 heavy (non-hydrogen) atoms. The predicted molar refractivity (Wildman–Crippen MR) is 41.1 cm³/mol. The second kappa shape index (κ2) is 5.79. The smallest absolute Gasteiger partial charge is 0.450 e. The minimum atomic E-state index is -1.32. The van der Waals surface area contributed by atoms with Crippen molar-refractivity contribution >= 4 is 6.16 Å². The lowest BCUT2D eigenvalue weighted by molar-refractivity contribution is -0.0285. The summed E-state index contributed by atoms with van der Waals surface area (Å²) in [5, 5.41) is 16.9. The van der Waals surface area contributed by atoms with E-state index in [0.29, 0.717) is 0 Å². The van der Waals surface area contributed by atoms with Crippen LogP contribution in [-0.2, 0) is 9.47 Å². The zero-order valence-corrected chi connectivity index (χ0v) is 7.19. The van der Waals surface area contributed by atoms with Gasteiger partial charge in [-0.3, -0.25) is 0 Å². The van der Waals surface area contributed by atoms with Crippen LogP contribution >= 0.6 is 0 Å². The lowest BCUT2D eigenvalue weighted by Gasteiger charge is -2.12. The Balaban J connectivity index is 3.33. The monoisotopic (exact) mass is 178 g/mol. The van der Waals surface area contributed by atoms with E-state index in [0.717, 1.165) is 0 Å². The molecule has 0 aliphatic carbocycles. The topological polar surface area (TPSA) is 76.0 Å². The number of aliphatic hydroxyl groups excluding tert-OH is 1. The number of rotatable bonds is 5. The first-order valence-corrected chi connectivity index (χ1v) is 3.67. The van der Waals surface area contributed by atoms with Gasteiger partial charge in [-0.25, -0.2) is 4.79 Å². The normalized spacial score (nSPS) is 15.2. The Morgan fingerprint density at radius 1 is 1.42 bits per heavy atom. The second-order valence-corrected chi connectivity index (χ2v) is 2.57. The maximum absolute atomic E-state index is 9.91. The molecule has 0 rings (SSSR count). The summed E-state index contributed by atoms with van der Waals surface area (Å²) in [6, 6.07) is 0. The van der Waals surface area contributed by atoms with Crippen molar-refractivity contribution in [1.29, 1.82) is 0 Å². The van der Waals surface area contributed by atoms with Gasteiger partial charge < -0.3 is 19.7 Å². The molecule has 72 valence electrons. The molecule has 0 aromatic heterocycles. The Labute approximate surface area is 70.9 Å². The number of carboxylic acid groups (broad SMARTS) is 1. The van der Waals surface area contributed by atoms with Crippen LogP contribution in [0, 0.1) is 0 Å². The maximum Gasteiger partial charge on any atom is 0.505 e. The molecule has 0 aromatic rings. The minimum Gasteiger partial charge on any atom is -0.450 e. The molecule has 5 heteroatoms. The van der Waals surface area contributed by atoms with Gasteiger partial charge in [0.1, 0.15) is 6.61 Å². The summed E-state index contributed by atoms with van der Waals surface area (Å²) in [4.78, 5) is 9.91. The van der Waals surface area contributed by atoms with Gasteiger partial charge in [0.15, 0.2) is 0 Å². The lowest BCUT2D eigenvalue weighted by atomic mass is 10.4. The van der Waals surface area contributed by atoms with Gasteiger partial charge in [-0.1, -0.05) is 0 Å². The van der Waals surface area contributed by atoms with Crippen LogP contribution in [0.15, 0.2) is 0 Å². The summed E-state index contributed by atoms with van der Waals surface area (Å²) in [6.07, 6.45) is -2.18. The van der Waals surface area contributed by atoms with Gasteiger partial charge in [-0.05, 0) is 13.8 Å². The number of hydrogen-bond acceptors (Lipinski definition) is 4. The van der Waals surface area contributed by atoms with Crippen LogP contribution in [0.4, 0.5) is 4.79 Å². The van der Waals surface area contributed by atoms with Gasteiger partial charge in [-0.2, -0.15) is 0 Å². The molecule has 0 aliphatic heterocycles. The Kier molecular flexibility index (Phi) is 5.40. The SMILES string of the molecule is CC(O)COC(C)COC(=O)O. The molecule has 0 radical (unpaired) electrons. The van der Waals surface area contributed by atoms with E-state index in [9.17, 15) is 4.79 Å². The van der Waals surface area contributed by atoms with Crippen LogP contribution < -0.4 is 0 Å². The predicted octanol–water partition coefficient (Wildman–Crippen LogP) is 0.467. The molecule has 0 saturated heterocycles. The molecule has 0 amide bonds. The molecular formula is C7H14O5. The first kappa shape index (κ1) is 11.2. The molecule has 0 aromatic carbocycles. The van der Waals surface area contributed by atoms with Crippen LogP contribution in [-0.4, -0.2) is 41.8 Å². The molecule has 5 nitrogen and oxygen atoms in total. The standard InChI is InChI=1S/C7H14O5/c1-5(8)3-11-6(2)4-12-7(9)10/h5-6,8H,3-4H2,1-2H3,(H,9,10). The second-order valence-electron chi connectivity index (χ2n) is 2.57. The Morgan fingerprint density at radius 3 is 2.42 bits per heavy atom. The van der Waals surface area contributed by atoms with Crippen molar-refractivity contribution in [3.8, 4) is 0 Å². The van der Waals surface area contributed by atoms with Crippen LogP contribution in [0.2, 0.25) is 0 Å². The molecule has 2 atom stereocenters. The summed E-state index contributed by atoms with van der Waals surface area (Å²) >= 11 is 0. The van der Waals surface area contributed by atoms with E-state index in [2.05, 4.69) is 4.74 Å². The number of carbonyl (C=O) groups is 1. The van der Waals surface area contributed by atoms with Crippen molar-refractivity contribution in [2.24, 2.45) is 0 Å². The molecule has 0 spiro atoms. The zero-order valence-electron chi connectivity index (χ0n) is 7.19. The van der Waals surface area contributed by atoms with Crippen LogP contribution in [0.25, 0.3) is 0 Å². The highest BCUT2D eigenvalue weighted by molar-refractivity contribution is 5.56. The highest BCUT2D eigenvalue weighted by atomic mass is 16.7. The third kappa shape index (κ3) is 7.30.